The van der Waals surface area contributed by atoms with Crippen LogP contribution < -0.4 is 20.5 Å². The number of nitrogens with two attached hydrogens (primary N) is 1. The summed E-state index contributed by atoms with van der Waals surface area (Å²) in [6.07, 6.45) is -0.0248. The van der Waals surface area contributed by atoms with E-state index in [0.717, 1.165) is 9.87 Å². The minimum absolute atomic E-state index is 0.0126. The van der Waals surface area contributed by atoms with Crippen LogP contribution >= 0.6 is 0 Å². The van der Waals surface area contributed by atoms with Crippen molar-refractivity contribution in [3.8, 4) is 11.5 Å². The average Bonchev–Trinajstić information content (AvgIpc) is 3.37. The number of anilines is 1. The van der Waals surface area contributed by atoms with Gasteiger partial charge < -0.3 is 25.6 Å². The molecule has 10 heteroatoms. The normalized spacial score (nSPS) is 14.4. The van der Waals surface area contributed by atoms with Crippen molar-refractivity contribution in [3.63, 3.8) is 0 Å². The Morgan fingerprint density at radius 1 is 1.08 bits per heavy atom. The van der Waals surface area contributed by atoms with Crippen molar-refractivity contribution in [2.75, 3.05) is 25.6 Å². The zero-order chi connectivity index (χ0) is 28.2. The number of aliphatic hydroxyl groups is 1. The van der Waals surface area contributed by atoms with Crippen LogP contribution in [0, 0.1) is 12.8 Å². The van der Waals surface area contributed by atoms with Crippen LogP contribution in [0.5, 0.6) is 11.5 Å². The van der Waals surface area contributed by atoms with Gasteiger partial charge in [0.2, 0.25) is 16.8 Å². The number of nitrogens with one attached hydrogen (secondary N) is 1. The van der Waals surface area contributed by atoms with Gasteiger partial charge in [0.1, 0.15) is 5.72 Å². The minimum Gasteiger partial charge on any atom is -0.454 e. The van der Waals surface area contributed by atoms with Crippen molar-refractivity contribution in [3.05, 3.63) is 83.4 Å². The summed E-state index contributed by atoms with van der Waals surface area (Å²) < 4.78 is 40.0. The van der Waals surface area contributed by atoms with Crippen LogP contribution in [0.15, 0.2) is 71.6 Å². The van der Waals surface area contributed by atoms with E-state index in [4.69, 9.17) is 15.2 Å². The standard InChI is InChI=1S/C29H35N3O6S/c1-20(2)18-32(39(35,36)23-12-13-26-27(16-23)38-19-37-26)29(34,17-22-8-5-4-6-9-22)14-15-31-28(33)24-10-7-11-25(30)21(24)3/h4-13,16,20,34H,14-15,17-19,30H2,1-3H3,(H,31,33). The van der Waals surface area contributed by atoms with Crippen molar-refractivity contribution in [2.45, 2.75) is 44.2 Å². The summed E-state index contributed by atoms with van der Waals surface area (Å²) in [5, 5.41) is 15.0. The Hall–Kier alpha value is -3.60. The Morgan fingerprint density at radius 2 is 1.79 bits per heavy atom. The summed E-state index contributed by atoms with van der Waals surface area (Å²) in [6.45, 7) is 5.63. The molecule has 0 aliphatic carbocycles. The summed E-state index contributed by atoms with van der Waals surface area (Å²) in [4.78, 5) is 12.9. The number of benzene rings is 3. The second-order valence-corrected chi connectivity index (χ2v) is 12.0. The summed E-state index contributed by atoms with van der Waals surface area (Å²) in [5.74, 6) is 0.344. The molecule has 3 aromatic carbocycles. The highest BCUT2D eigenvalue weighted by Gasteiger charge is 2.43. The van der Waals surface area contributed by atoms with Gasteiger partial charge in [-0.15, -0.1) is 0 Å². The van der Waals surface area contributed by atoms with Crippen LogP contribution in [-0.2, 0) is 16.4 Å². The maximum absolute atomic E-state index is 14.1. The third kappa shape index (κ3) is 6.35. The van der Waals surface area contributed by atoms with Gasteiger partial charge in [-0.25, -0.2) is 8.42 Å². The fourth-order valence-electron chi connectivity index (χ4n) is 4.58. The molecule has 1 aliphatic heterocycles. The minimum atomic E-state index is -4.19. The molecule has 4 N–H and O–H groups in total. The number of hydrogen-bond donors (Lipinski definition) is 3. The first-order valence-corrected chi connectivity index (χ1v) is 14.3. The molecule has 0 saturated carbocycles. The number of amides is 1. The van der Waals surface area contributed by atoms with Crippen LogP contribution in [0.4, 0.5) is 5.69 Å². The summed E-state index contributed by atoms with van der Waals surface area (Å²) in [6, 6.07) is 18.7. The first-order valence-electron chi connectivity index (χ1n) is 12.8. The zero-order valence-corrected chi connectivity index (χ0v) is 23.2. The quantitative estimate of drug-likeness (QED) is 0.244. The molecule has 0 saturated heterocycles. The SMILES string of the molecule is Cc1c(N)cccc1C(=O)NCCC(O)(Cc1ccccc1)N(CC(C)C)S(=O)(=O)c1ccc2c(c1)OCO2. The van der Waals surface area contributed by atoms with Crippen molar-refractivity contribution in [1.29, 1.82) is 0 Å². The molecule has 0 radical (unpaired) electrons. The lowest BCUT2D eigenvalue weighted by atomic mass is 9.98. The number of fused-ring (bicyclic) bond motifs is 1. The van der Waals surface area contributed by atoms with Gasteiger partial charge in [0.05, 0.1) is 4.90 Å². The van der Waals surface area contributed by atoms with E-state index in [1.165, 1.54) is 12.1 Å². The van der Waals surface area contributed by atoms with E-state index in [2.05, 4.69) is 5.32 Å². The van der Waals surface area contributed by atoms with E-state index in [1.54, 1.807) is 31.2 Å². The number of hydrogen-bond acceptors (Lipinski definition) is 7. The number of carbonyl (C=O) groups excluding carboxylic acids is 1. The number of carbonyl (C=O) groups is 1. The van der Waals surface area contributed by atoms with Crippen molar-refractivity contribution in [1.82, 2.24) is 9.62 Å². The lowest BCUT2D eigenvalue weighted by molar-refractivity contribution is -0.0700. The Labute approximate surface area is 229 Å². The molecule has 0 bridgehead atoms. The molecule has 1 unspecified atom stereocenters. The summed E-state index contributed by atoms with van der Waals surface area (Å²) in [7, 11) is -4.19. The van der Waals surface area contributed by atoms with E-state index in [-0.39, 0.29) is 49.4 Å². The fourth-order valence-corrected chi connectivity index (χ4v) is 6.43. The largest absolute Gasteiger partial charge is 0.454 e. The molecular weight excluding hydrogens is 518 g/mol. The van der Waals surface area contributed by atoms with E-state index >= 15 is 0 Å². The highest BCUT2D eigenvalue weighted by Crippen LogP contribution is 2.37. The van der Waals surface area contributed by atoms with Gasteiger partial charge in [0.25, 0.3) is 5.91 Å². The molecule has 9 nitrogen and oxygen atoms in total. The van der Waals surface area contributed by atoms with Crippen molar-refractivity contribution < 1.29 is 27.8 Å². The van der Waals surface area contributed by atoms with Crippen LogP contribution in [0.25, 0.3) is 0 Å². The highest BCUT2D eigenvalue weighted by atomic mass is 32.2. The van der Waals surface area contributed by atoms with Crippen molar-refractivity contribution >= 4 is 21.6 Å². The molecule has 1 heterocycles. The number of sulfonamides is 1. The average molecular weight is 554 g/mol. The molecule has 0 fully saturated rings. The molecule has 0 aromatic heterocycles. The van der Waals surface area contributed by atoms with Crippen molar-refractivity contribution in [2.24, 2.45) is 5.92 Å². The molecule has 1 atom stereocenters. The van der Waals surface area contributed by atoms with Crippen LogP contribution in [0.3, 0.4) is 0 Å². The number of nitrogen functional groups attached to an aromatic ring is 1. The Bertz CT molecular complexity index is 1430. The monoisotopic (exact) mass is 553 g/mol. The van der Waals surface area contributed by atoms with E-state index in [9.17, 15) is 18.3 Å². The smallest absolute Gasteiger partial charge is 0.251 e. The molecule has 39 heavy (non-hydrogen) atoms. The molecule has 4 rings (SSSR count). The number of nitrogens with zero attached hydrogens (tertiary/aromatic N) is 1. The maximum Gasteiger partial charge on any atom is 0.251 e. The topological polar surface area (TPSA) is 131 Å². The van der Waals surface area contributed by atoms with Crippen LogP contribution in [0.1, 0.15) is 41.8 Å². The molecule has 1 amide bonds. The van der Waals surface area contributed by atoms with Gasteiger partial charge in [-0.05, 0) is 48.2 Å². The van der Waals surface area contributed by atoms with Crippen LogP contribution in [-0.4, -0.2) is 49.3 Å². The predicted octanol–water partition coefficient (Wildman–Crippen LogP) is 3.70. The Morgan fingerprint density at radius 3 is 2.51 bits per heavy atom. The fraction of sp³-hybridized carbons (Fsp3) is 0.345. The highest BCUT2D eigenvalue weighted by molar-refractivity contribution is 7.89. The predicted molar refractivity (Wildman–Crippen MR) is 149 cm³/mol. The van der Waals surface area contributed by atoms with E-state index in [0.29, 0.717) is 28.3 Å². The third-order valence-electron chi connectivity index (χ3n) is 6.69. The van der Waals surface area contributed by atoms with Gasteiger partial charge in [-0.1, -0.05) is 50.2 Å². The van der Waals surface area contributed by atoms with Gasteiger partial charge in [0.15, 0.2) is 11.5 Å². The number of ether oxygens (including phenoxy) is 2. The van der Waals surface area contributed by atoms with Crippen LogP contribution in [0.2, 0.25) is 0 Å². The molecular formula is C29H35N3O6S. The van der Waals surface area contributed by atoms with E-state index in [1.807, 2.05) is 44.2 Å². The lowest BCUT2D eigenvalue weighted by Crippen LogP contribution is -2.55. The van der Waals surface area contributed by atoms with Gasteiger partial charge in [0, 0.05) is 43.2 Å². The van der Waals surface area contributed by atoms with Gasteiger partial charge in [-0.3, -0.25) is 4.79 Å². The lowest BCUT2D eigenvalue weighted by Gasteiger charge is -2.40. The Balaban J connectivity index is 1.66. The van der Waals surface area contributed by atoms with Gasteiger partial charge >= 0.3 is 0 Å². The summed E-state index contributed by atoms with van der Waals surface area (Å²) >= 11 is 0. The first-order chi connectivity index (χ1) is 18.5. The van der Waals surface area contributed by atoms with E-state index < -0.39 is 15.7 Å². The molecule has 1 aliphatic rings. The van der Waals surface area contributed by atoms with Gasteiger partial charge in [-0.2, -0.15) is 4.31 Å². The second kappa shape index (κ2) is 11.6. The Kier molecular flexibility index (Phi) is 8.48. The molecule has 3 aromatic rings. The third-order valence-corrected chi connectivity index (χ3v) is 8.61. The zero-order valence-electron chi connectivity index (χ0n) is 22.4. The second-order valence-electron chi connectivity index (χ2n) is 10.1. The molecule has 208 valence electrons. The first kappa shape index (κ1) is 28.4. The maximum atomic E-state index is 14.1. The number of rotatable bonds is 11. The summed E-state index contributed by atoms with van der Waals surface area (Å²) in [5.41, 5.74) is 6.44. The molecule has 0 spiro atoms.